The van der Waals surface area contributed by atoms with Crippen LogP contribution in [0.5, 0.6) is 0 Å². The highest BCUT2D eigenvalue weighted by atomic mass is 32.2. The number of carbonyl (C=O) groups excluding carboxylic acids is 2. The zero-order valence-corrected chi connectivity index (χ0v) is 15.8. The highest BCUT2D eigenvalue weighted by Crippen LogP contribution is 2.31. The van der Waals surface area contributed by atoms with Crippen LogP contribution in [-0.4, -0.2) is 36.1 Å². The van der Waals surface area contributed by atoms with Gasteiger partial charge in [0.1, 0.15) is 0 Å². The van der Waals surface area contributed by atoms with Gasteiger partial charge in [-0.25, -0.2) is 9.79 Å². The maximum absolute atomic E-state index is 12.4. The highest BCUT2D eigenvalue weighted by molar-refractivity contribution is 8.18. The van der Waals surface area contributed by atoms with E-state index in [0.29, 0.717) is 21.3 Å². The Bertz CT molecular complexity index is 932. The molecule has 1 heterocycles. The Kier molecular flexibility index (Phi) is 5.88. The molecule has 1 saturated heterocycles. The van der Waals surface area contributed by atoms with E-state index < -0.39 is 5.97 Å². The molecule has 0 N–H and O–H groups in total. The number of carbonyl (C=O) groups is 2. The lowest BCUT2D eigenvalue weighted by Gasteiger charge is -2.07. The van der Waals surface area contributed by atoms with Crippen LogP contribution in [0.3, 0.4) is 0 Å². The molecule has 0 aromatic heterocycles. The lowest BCUT2D eigenvalue weighted by Crippen LogP contribution is -2.23. The van der Waals surface area contributed by atoms with E-state index in [1.165, 1.54) is 23.8 Å². The summed E-state index contributed by atoms with van der Waals surface area (Å²) >= 11 is 1.32. The van der Waals surface area contributed by atoms with Crippen molar-refractivity contribution in [2.24, 2.45) is 4.99 Å². The third-order valence-electron chi connectivity index (χ3n) is 3.85. The summed E-state index contributed by atoms with van der Waals surface area (Å²) in [6.07, 6.45) is 5.60. The van der Waals surface area contributed by atoms with Crippen molar-refractivity contribution in [3.05, 3.63) is 82.8 Å². The molecule has 27 heavy (non-hydrogen) atoms. The molecule has 0 unspecified atom stereocenters. The van der Waals surface area contributed by atoms with Crippen molar-refractivity contribution < 1.29 is 14.3 Å². The number of rotatable bonds is 4. The van der Waals surface area contributed by atoms with E-state index in [1.807, 2.05) is 42.5 Å². The summed E-state index contributed by atoms with van der Waals surface area (Å²) < 4.78 is 4.68. The van der Waals surface area contributed by atoms with E-state index in [1.54, 1.807) is 37.4 Å². The second kappa shape index (κ2) is 8.51. The molecular weight excluding hydrogens is 360 g/mol. The summed E-state index contributed by atoms with van der Waals surface area (Å²) in [6.45, 7) is 0. The van der Waals surface area contributed by atoms with Gasteiger partial charge in [-0.1, -0.05) is 42.5 Å². The van der Waals surface area contributed by atoms with Crippen molar-refractivity contribution in [2.45, 2.75) is 0 Å². The fourth-order valence-electron chi connectivity index (χ4n) is 2.38. The van der Waals surface area contributed by atoms with Gasteiger partial charge in [-0.15, -0.1) is 0 Å². The van der Waals surface area contributed by atoms with Gasteiger partial charge in [0.05, 0.1) is 23.3 Å². The molecule has 0 radical (unpaired) electrons. The van der Waals surface area contributed by atoms with Gasteiger partial charge < -0.3 is 4.74 Å². The fourth-order valence-corrected chi connectivity index (χ4v) is 3.32. The lowest BCUT2D eigenvalue weighted by atomic mass is 10.2. The van der Waals surface area contributed by atoms with E-state index in [2.05, 4.69) is 9.73 Å². The molecule has 5 nitrogen and oxygen atoms in total. The van der Waals surface area contributed by atoms with Crippen LogP contribution >= 0.6 is 11.8 Å². The van der Waals surface area contributed by atoms with Gasteiger partial charge in [-0.05, 0) is 47.7 Å². The highest BCUT2D eigenvalue weighted by Gasteiger charge is 2.29. The Morgan fingerprint density at radius 3 is 2.48 bits per heavy atom. The summed E-state index contributed by atoms with van der Waals surface area (Å²) in [5.74, 6) is -0.491. The number of hydrogen-bond donors (Lipinski definition) is 0. The first-order chi connectivity index (χ1) is 13.1. The normalized spacial score (nSPS) is 17.3. The van der Waals surface area contributed by atoms with Crippen LogP contribution in [0.1, 0.15) is 15.9 Å². The first kappa shape index (κ1) is 18.7. The van der Waals surface area contributed by atoms with Crippen LogP contribution in [0.4, 0.5) is 5.69 Å². The predicted molar refractivity (Wildman–Crippen MR) is 109 cm³/mol. The Morgan fingerprint density at radius 1 is 1.11 bits per heavy atom. The van der Waals surface area contributed by atoms with E-state index >= 15 is 0 Å². The second-order valence-corrected chi connectivity index (χ2v) is 6.71. The van der Waals surface area contributed by atoms with E-state index in [0.717, 1.165) is 5.56 Å². The minimum atomic E-state index is -0.396. The summed E-state index contributed by atoms with van der Waals surface area (Å²) in [4.78, 5) is 30.5. The molecule has 0 bridgehead atoms. The number of esters is 1. The maximum Gasteiger partial charge on any atom is 0.337 e. The van der Waals surface area contributed by atoms with Crippen LogP contribution in [0, 0.1) is 0 Å². The van der Waals surface area contributed by atoms with Gasteiger partial charge in [-0.2, -0.15) is 0 Å². The summed E-state index contributed by atoms with van der Waals surface area (Å²) in [5, 5.41) is 0.588. The van der Waals surface area contributed by atoms with Gasteiger partial charge in [0.25, 0.3) is 5.91 Å². The first-order valence-electron chi connectivity index (χ1n) is 8.25. The summed E-state index contributed by atoms with van der Waals surface area (Å²) in [6, 6.07) is 16.6. The van der Waals surface area contributed by atoms with Gasteiger partial charge in [0.2, 0.25) is 0 Å². The van der Waals surface area contributed by atoms with Crippen molar-refractivity contribution in [3.8, 4) is 0 Å². The second-order valence-electron chi connectivity index (χ2n) is 5.70. The minimum absolute atomic E-state index is 0.0948. The Hall–Kier alpha value is -3.12. The van der Waals surface area contributed by atoms with Crippen LogP contribution < -0.4 is 0 Å². The average Bonchev–Trinajstić information content (AvgIpc) is 2.97. The number of ether oxygens (including phenoxy) is 1. The number of thioether (sulfide) groups is 1. The van der Waals surface area contributed by atoms with Crippen LogP contribution in [0.2, 0.25) is 0 Å². The van der Waals surface area contributed by atoms with Crippen molar-refractivity contribution >= 4 is 40.6 Å². The zero-order chi connectivity index (χ0) is 19.2. The smallest absolute Gasteiger partial charge is 0.337 e. The number of allylic oxidation sites excluding steroid dienone is 2. The molecule has 136 valence electrons. The van der Waals surface area contributed by atoms with Crippen molar-refractivity contribution in [2.75, 3.05) is 14.2 Å². The van der Waals surface area contributed by atoms with Crippen LogP contribution in [0.25, 0.3) is 6.08 Å². The molecule has 0 aliphatic carbocycles. The molecule has 6 heteroatoms. The van der Waals surface area contributed by atoms with E-state index in [4.69, 9.17) is 0 Å². The average molecular weight is 378 g/mol. The van der Waals surface area contributed by atoms with Gasteiger partial charge in [0.15, 0.2) is 5.17 Å². The van der Waals surface area contributed by atoms with E-state index in [-0.39, 0.29) is 5.91 Å². The number of hydrogen-bond acceptors (Lipinski definition) is 5. The van der Waals surface area contributed by atoms with Crippen molar-refractivity contribution in [3.63, 3.8) is 0 Å². The Balaban J connectivity index is 1.75. The number of amides is 1. The van der Waals surface area contributed by atoms with Crippen LogP contribution in [-0.2, 0) is 9.53 Å². The Morgan fingerprint density at radius 2 is 1.81 bits per heavy atom. The largest absolute Gasteiger partial charge is 0.465 e. The van der Waals surface area contributed by atoms with Crippen molar-refractivity contribution in [1.82, 2.24) is 4.90 Å². The minimum Gasteiger partial charge on any atom is -0.465 e. The molecule has 2 aromatic rings. The monoisotopic (exact) mass is 378 g/mol. The fraction of sp³-hybridized carbons (Fsp3) is 0.0952. The molecule has 1 aliphatic heterocycles. The quantitative estimate of drug-likeness (QED) is 0.589. The molecule has 1 fully saturated rings. The molecule has 3 rings (SSSR count). The first-order valence-corrected chi connectivity index (χ1v) is 9.06. The number of amidine groups is 1. The predicted octanol–water partition coefficient (Wildman–Crippen LogP) is 4.26. The molecule has 0 atom stereocenters. The molecule has 0 spiro atoms. The number of methoxy groups -OCH3 is 1. The molecular formula is C21H18N2O3S. The molecule has 2 aromatic carbocycles. The zero-order valence-electron chi connectivity index (χ0n) is 15.0. The number of aliphatic imine (C=N–C) groups is 1. The number of likely N-dealkylation sites (N-methyl/N-ethyl adjacent to an activating group) is 1. The number of nitrogens with zero attached hydrogens (tertiary/aromatic N) is 2. The Labute approximate surface area is 162 Å². The molecule has 1 aliphatic rings. The summed E-state index contributed by atoms with van der Waals surface area (Å²) in [7, 11) is 3.03. The SMILES string of the molecule is COC(=O)c1ccc(N=C2S/C(=C\C=C\c3ccccc3)C(=O)N2C)cc1. The molecule has 0 saturated carbocycles. The maximum atomic E-state index is 12.4. The van der Waals surface area contributed by atoms with Gasteiger partial charge in [-0.3, -0.25) is 9.69 Å². The third-order valence-corrected chi connectivity index (χ3v) is 4.93. The van der Waals surface area contributed by atoms with Gasteiger partial charge >= 0.3 is 5.97 Å². The molecule has 1 amide bonds. The van der Waals surface area contributed by atoms with Gasteiger partial charge in [0, 0.05) is 7.05 Å². The standard InChI is InChI=1S/C21H18N2O3S/c1-23-19(24)18(10-6-9-15-7-4-3-5-8-15)27-21(23)22-17-13-11-16(12-14-17)20(25)26-2/h3-14H,1-2H3/b9-6+,18-10-,22-21?. The van der Waals surface area contributed by atoms with Crippen molar-refractivity contribution in [1.29, 1.82) is 0 Å². The summed E-state index contributed by atoms with van der Waals surface area (Å²) in [5.41, 5.74) is 2.18. The topological polar surface area (TPSA) is 59.0 Å². The number of benzene rings is 2. The third kappa shape index (κ3) is 4.54. The lowest BCUT2D eigenvalue weighted by molar-refractivity contribution is -0.121. The van der Waals surface area contributed by atoms with E-state index in [9.17, 15) is 9.59 Å². The van der Waals surface area contributed by atoms with Crippen LogP contribution in [0.15, 0.2) is 76.6 Å².